The molecule has 0 radical (unpaired) electrons. The van der Waals surface area contributed by atoms with Gasteiger partial charge in [0.1, 0.15) is 0 Å². The number of hydrogen-bond donors (Lipinski definition) is 0. The van der Waals surface area contributed by atoms with Gasteiger partial charge in [0.25, 0.3) is 0 Å². The second-order valence-corrected chi connectivity index (χ2v) is 6.26. The second kappa shape index (κ2) is 5.19. The van der Waals surface area contributed by atoms with Gasteiger partial charge < -0.3 is 0 Å². The van der Waals surface area contributed by atoms with Crippen molar-refractivity contribution in [1.82, 2.24) is 0 Å². The smallest absolute Gasteiger partial charge is 0.0656 e. The highest BCUT2D eigenvalue weighted by Gasteiger charge is 2.36. The molecule has 0 N–H and O–H groups in total. The summed E-state index contributed by atoms with van der Waals surface area (Å²) in [6, 6.07) is 22.0. The van der Waals surface area contributed by atoms with Crippen LogP contribution in [0.25, 0.3) is 0 Å². The van der Waals surface area contributed by atoms with Gasteiger partial charge in [-0.3, -0.25) is 0 Å². The highest BCUT2D eigenvalue weighted by molar-refractivity contribution is 8.00. The molecule has 1 saturated heterocycles. The highest BCUT2D eigenvalue weighted by atomic mass is 32.2. The minimum absolute atomic E-state index is 0.181. The van der Waals surface area contributed by atoms with E-state index in [-0.39, 0.29) is 4.75 Å². The van der Waals surface area contributed by atoms with Crippen LogP contribution in [0.15, 0.2) is 60.7 Å². The zero-order chi connectivity index (χ0) is 12.3. The number of thioether (sulfide) groups is 1. The summed E-state index contributed by atoms with van der Waals surface area (Å²) in [4.78, 5) is 0. The molecule has 0 aromatic heterocycles. The third-order valence-electron chi connectivity index (χ3n) is 3.75. The monoisotopic (exact) mass is 254 g/mol. The topological polar surface area (TPSA) is 0 Å². The van der Waals surface area contributed by atoms with Crippen molar-refractivity contribution in [2.45, 2.75) is 24.0 Å². The summed E-state index contributed by atoms with van der Waals surface area (Å²) in [6.45, 7) is 0. The Morgan fingerprint density at radius 3 is 1.72 bits per heavy atom. The lowest BCUT2D eigenvalue weighted by Gasteiger charge is -2.37. The van der Waals surface area contributed by atoms with Crippen LogP contribution < -0.4 is 0 Å². The molecule has 2 aromatic carbocycles. The minimum atomic E-state index is 0.181. The van der Waals surface area contributed by atoms with E-state index in [2.05, 4.69) is 72.4 Å². The number of benzene rings is 2. The highest BCUT2D eigenvalue weighted by Crippen LogP contribution is 2.49. The summed E-state index contributed by atoms with van der Waals surface area (Å²) in [5.74, 6) is 1.27. The Hall–Kier alpha value is -1.21. The van der Waals surface area contributed by atoms with E-state index in [0.717, 1.165) is 0 Å². The summed E-state index contributed by atoms with van der Waals surface area (Å²) in [5, 5.41) is 0. The van der Waals surface area contributed by atoms with E-state index in [9.17, 15) is 0 Å². The molecule has 0 spiro atoms. The van der Waals surface area contributed by atoms with E-state index in [1.807, 2.05) is 0 Å². The lowest BCUT2D eigenvalue weighted by molar-refractivity contribution is 0.588. The van der Waals surface area contributed by atoms with Gasteiger partial charge >= 0.3 is 0 Å². The standard InChI is InChI=1S/C17H18S/c1-3-9-15(10-4-1)17(13-7-8-14-18-17)16-11-5-2-6-12-16/h1-6,9-12H,7-8,13-14H2. The molecular formula is C17H18S. The first-order valence-corrected chi connectivity index (χ1v) is 7.65. The molecule has 0 unspecified atom stereocenters. The summed E-state index contributed by atoms with van der Waals surface area (Å²) in [6.07, 6.45) is 3.94. The van der Waals surface area contributed by atoms with Gasteiger partial charge in [0.05, 0.1) is 4.75 Å². The first-order chi connectivity index (χ1) is 8.92. The lowest BCUT2D eigenvalue weighted by atomic mass is 9.85. The van der Waals surface area contributed by atoms with Crippen molar-refractivity contribution in [3.63, 3.8) is 0 Å². The van der Waals surface area contributed by atoms with Gasteiger partial charge in [-0.05, 0) is 29.7 Å². The van der Waals surface area contributed by atoms with Crippen LogP contribution in [0.5, 0.6) is 0 Å². The third-order valence-corrected chi connectivity index (χ3v) is 5.41. The van der Waals surface area contributed by atoms with Crippen LogP contribution in [0.2, 0.25) is 0 Å². The molecule has 1 heterocycles. The van der Waals surface area contributed by atoms with Crippen molar-refractivity contribution >= 4 is 11.8 Å². The summed E-state index contributed by atoms with van der Waals surface area (Å²) in [5.41, 5.74) is 2.92. The Kier molecular flexibility index (Phi) is 3.42. The predicted octanol–water partition coefficient (Wildman–Crippen LogP) is 4.85. The van der Waals surface area contributed by atoms with E-state index in [1.165, 1.54) is 36.1 Å². The Bertz CT molecular complexity index is 442. The lowest BCUT2D eigenvalue weighted by Crippen LogP contribution is -2.27. The van der Waals surface area contributed by atoms with Gasteiger partial charge in [0.2, 0.25) is 0 Å². The van der Waals surface area contributed by atoms with E-state index >= 15 is 0 Å². The fourth-order valence-corrected chi connectivity index (χ4v) is 4.42. The molecule has 0 nitrogen and oxygen atoms in total. The van der Waals surface area contributed by atoms with Crippen molar-refractivity contribution < 1.29 is 0 Å². The quantitative estimate of drug-likeness (QED) is 0.738. The molecule has 1 heteroatoms. The maximum Gasteiger partial charge on any atom is 0.0656 e. The van der Waals surface area contributed by atoms with Crippen molar-refractivity contribution in [3.8, 4) is 0 Å². The van der Waals surface area contributed by atoms with Crippen molar-refractivity contribution in [3.05, 3.63) is 71.8 Å². The van der Waals surface area contributed by atoms with Gasteiger partial charge in [-0.2, -0.15) is 0 Å². The molecule has 0 amide bonds. The Morgan fingerprint density at radius 2 is 1.28 bits per heavy atom. The molecule has 0 bridgehead atoms. The maximum atomic E-state index is 2.28. The largest absolute Gasteiger partial charge is 0.145 e. The molecule has 18 heavy (non-hydrogen) atoms. The summed E-state index contributed by atoms with van der Waals surface area (Å²) in [7, 11) is 0. The van der Waals surface area contributed by atoms with Crippen LogP contribution >= 0.6 is 11.8 Å². The Labute approximate surface area is 113 Å². The van der Waals surface area contributed by atoms with Gasteiger partial charge in [0, 0.05) is 0 Å². The molecule has 3 rings (SSSR count). The average molecular weight is 254 g/mol. The van der Waals surface area contributed by atoms with Crippen LogP contribution in [0.1, 0.15) is 30.4 Å². The van der Waals surface area contributed by atoms with Gasteiger partial charge in [-0.15, -0.1) is 11.8 Å². The minimum Gasteiger partial charge on any atom is -0.145 e. The maximum absolute atomic E-state index is 2.28. The molecule has 1 fully saturated rings. The van der Waals surface area contributed by atoms with E-state index in [0.29, 0.717) is 0 Å². The van der Waals surface area contributed by atoms with E-state index in [1.54, 1.807) is 0 Å². The van der Waals surface area contributed by atoms with Crippen LogP contribution in [0.4, 0.5) is 0 Å². The first-order valence-electron chi connectivity index (χ1n) is 6.67. The molecule has 0 saturated carbocycles. The first kappa shape index (κ1) is 11.9. The molecular weight excluding hydrogens is 236 g/mol. The molecule has 92 valence electrons. The molecule has 1 aliphatic rings. The Morgan fingerprint density at radius 1 is 0.722 bits per heavy atom. The molecule has 2 aromatic rings. The van der Waals surface area contributed by atoms with Crippen molar-refractivity contribution in [1.29, 1.82) is 0 Å². The SMILES string of the molecule is c1ccc(C2(c3ccccc3)CCCCS2)cc1. The molecule has 0 aliphatic carbocycles. The third kappa shape index (κ3) is 2.08. The zero-order valence-corrected chi connectivity index (χ0v) is 11.3. The fraction of sp³-hybridized carbons (Fsp3) is 0.294. The second-order valence-electron chi connectivity index (χ2n) is 4.86. The van der Waals surface area contributed by atoms with Crippen LogP contribution in [0, 0.1) is 0 Å². The van der Waals surface area contributed by atoms with Crippen molar-refractivity contribution in [2.75, 3.05) is 5.75 Å². The van der Waals surface area contributed by atoms with Crippen LogP contribution in [-0.4, -0.2) is 5.75 Å². The van der Waals surface area contributed by atoms with E-state index < -0.39 is 0 Å². The molecule has 1 aliphatic heterocycles. The van der Waals surface area contributed by atoms with Crippen molar-refractivity contribution in [2.24, 2.45) is 0 Å². The van der Waals surface area contributed by atoms with Gasteiger partial charge in [-0.1, -0.05) is 67.1 Å². The van der Waals surface area contributed by atoms with Crippen LogP contribution in [-0.2, 0) is 4.75 Å². The fourth-order valence-electron chi connectivity index (χ4n) is 2.83. The normalized spacial score (nSPS) is 18.4. The van der Waals surface area contributed by atoms with E-state index in [4.69, 9.17) is 0 Å². The van der Waals surface area contributed by atoms with Gasteiger partial charge in [0.15, 0.2) is 0 Å². The Balaban J connectivity index is 2.10. The number of hydrogen-bond acceptors (Lipinski definition) is 1. The summed E-state index contributed by atoms with van der Waals surface area (Å²) < 4.78 is 0.181. The van der Waals surface area contributed by atoms with Crippen LogP contribution in [0.3, 0.4) is 0 Å². The predicted molar refractivity (Wildman–Crippen MR) is 80.0 cm³/mol. The number of rotatable bonds is 2. The molecule has 0 atom stereocenters. The van der Waals surface area contributed by atoms with Gasteiger partial charge in [-0.25, -0.2) is 0 Å². The zero-order valence-electron chi connectivity index (χ0n) is 10.5. The average Bonchev–Trinajstić information content (AvgIpc) is 2.50. The summed E-state index contributed by atoms with van der Waals surface area (Å²) >= 11 is 2.12.